The summed E-state index contributed by atoms with van der Waals surface area (Å²) in [6.07, 6.45) is 0.318. The van der Waals surface area contributed by atoms with E-state index in [1.54, 1.807) is 13.8 Å². The van der Waals surface area contributed by atoms with Crippen molar-refractivity contribution < 1.29 is 24.2 Å². The Kier molecular flexibility index (Phi) is 7.51. The number of hydrogen-bond acceptors (Lipinski definition) is 4. The molecule has 0 aliphatic heterocycles. The summed E-state index contributed by atoms with van der Waals surface area (Å²) in [6, 6.07) is 14.2. The molecule has 3 N–H and O–H groups in total. The Labute approximate surface area is 188 Å². The summed E-state index contributed by atoms with van der Waals surface area (Å²) in [5, 5.41) is 14.5. The Balaban J connectivity index is 1.65. The number of carboxylic acid groups (broad SMARTS) is 1. The fraction of sp³-hybridized carbons (Fsp3) is 0.400. The van der Waals surface area contributed by atoms with Gasteiger partial charge in [-0.3, -0.25) is 4.79 Å². The number of alkyl carbamates (subject to hydrolysis) is 1. The number of aliphatic carboxylic acids is 1. The fourth-order valence-electron chi connectivity index (χ4n) is 4.11. The standard InChI is InChI=1S/C25H30N2O5/c1-4-9-21(23(28)27-22(15(2)3)24(29)30)26-25(31)32-14-20-18-12-7-5-10-16(18)17-11-6-8-13-19(17)20/h5-8,10-13,15,20-22H,4,9,14H2,1-3H3,(H,26,31)(H,27,28)(H,29,30)/t21?,22-/m0/s1. The van der Waals surface area contributed by atoms with Gasteiger partial charge in [-0.2, -0.15) is 0 Å². The summed E-state index contributed by atoms with van der Waals surface area (Å²) in [7, 11) is 0. The van der Waals surface area contributed by atoms with Crippen LogP contribution in [0.25, 0.3) is 11.1 Å². The van der Waals surface area contributed by atoms with Crippen LogP contribution in [0.2, 0.25) is 0 Å². The highest BCUT2D eigenvalue weighted by atomic mass is 16.5. The lowest BCUT2D eigenvalue weighted by Gasteiger charge is -2.23. The summed E-state index contributed by atoms with van der Waals surface area (Å²) in [4.78, 5) is 36.6. The number of benzene rings is 2. The summed E-state index contributed by atoms with van der Waals surface area (Å²) >= 11 is 0. The second-order valence-corrected chi connectivity index (χ2v) is 8.38. The van der Waals surface area contributed by atoms with E-state index in [0.29, 0.717) is 12.8 Å². The lowest BCUT2D eigenvalue weighted by atomic mass is 9.98. The molecule has 0 heterocycles. The smallest absolute Gasteiger partial charge is 0.407 e. The number of ether oxygens (including phenoxy) is 1. The van der Waals surface area contributed by atoms with Gasteiger partial charge >= 0.3 is 12.1 Å². The third-order valence-corrected chi connectivity index (χ3v) is 5.76. The second kappa shape index (κ2) is 10.3. The van der Waals surface area contributed by atoms with Crippen LogP contribution in [0.5, 0.6) is 0 Å². The van der Waals surface area contributed by atoms with Crippen molar-refractivity contribution in [3.63, 3.8) is 0 Å². The topological polar surface area (TPSA) is 105 Å². The van der Waals surface area contributed by atoms with Gasteiger partial charge in [-0.25, -0.2) is 9.59 Å². The van der Waals surface area contributed by atoms with Crippen LogP contribution in [-0.4, -0.2) is 41.8 Å². The van der Waals surface area contributed by atoms with E-state index in [2.05, 4.69) is 22.8 Å². The largest absolute Gasteiger partial charge is 0.480 e. The molecule has 32 heavy (non-hydrogen) atoms. The molecule has 0 bridgehead atoms. The van der Waals surface area contributed by atoms with Crippen LogP contribution >= 0.6 is 0 Å². The van der Waals surface area contributed by atoms with Crippen LogP contribution in [0.3, 0.4) is 0 Å². The van der Waals surface area contributed by atoms with Crippen LogP contribution in [0.4, 0.5) is 4.79 Å². The molecular weight excluding hydrogens is 408 g/mol. The molecule has 0 saturated carbocycles. The first-order chi connectivity index (χ1) is 15.3. The van der Waals surface area contributed by atoms with Crippen molar-refractivity contribution >= 4 is 18.0 Å². The molecule has 1 aliphatic rings. The SMILES string of the molecule is CCCC(NC(=O)OCC1c2ccccc2-c2ccccc21)C(=O)N[C@H](C(=O)O)C(C)C. The van der Waals surface area contributed by atoms with Crippen molar-refractivity contribution in [1.82, 2.24) is 10.6 Å². The van der Waals surface area contributed by atoms with E-state index in [1.807, 2.05) is 43.3 Å². The third kappa shape index (κ3) is 5.10. The van der Waals surface area contributed by atoms with Gasteiger partial charge < -0.3 is 20.5 Å². The Morgan fingerprint density at radius 3 is 2.03 bits per heavy atom. The molecule has 2 atom stereocenters. The molecule has 7 heteroatoms. The first-order valence-electron chi connectivity index (χ1n) is 11.0. The number of amides is 2. The fourth-order valence-corrected chi connectivity index (χ4v) is 4.11. The van der Waals surface area contributed by atoms with Gasteiger partial charge in [0.05, 0.1) is 0 Å². The highest BCUT2D eigenvalue weighted by Crippen LogP contribution is 2.44. The van der Waals surface area contributed by atoms with Crippen LogP contribution in [0, 0.1) is 5.92 Å². The Bertz CT molecular complexity index is 942. The lowest BCUT2D eigenvalue weighted by molar-refractivity contribution is -0.143. The van der Waals surface area contributed by atoms with E-state index in [-0.39, 0.29) is 18.4 Å². The van der Waals surface area contributed by atoms with Gasteiger partial charge in [0.15, 0.2) is 0 Å². The van der Waals surface area contributed by atoms with Crippen molar-refractivity contribution in [1.29, 1.82) is 0 Å². The van der Waals surface area contributed by atoms with Crippen molar-refractivity contribution in [2.24, 2.45) is 5.92 Å². The van der Waals surface area contributed by atoms with Crippen molar-refractivity contribution in [3.8, 4) is 11.1 Å². The zero-order valence-corrected chi connectivity index (χ0v) is 18.6. The Hall–Kier alpha value is -3.35. The van der Waals surface area contributed by atoms with E-state index >= 15 is 0 Å². The number of carbonyl (C=O) groups excluding carboxylic acids is 2. The average Bonchev–Trinajstić information content (AvgIpc) is 3.09. The molecule has 2 aromatic carbocycles. The van der Waals surface area contributed by atoms with Crippen molar-refractivity contribution in [3.05, 3.63) is 59.7 Å². The molecule has 1 aliphatic carbocycles. The number of hydrogen-bond donors (Lipinski definition) is 3. The van der Waals surface area contributed by atoms with E-state index < -0.39 is 30.1 Å². The van der Waals surface area contributed by atoms with E-state index in [0.717, 1.165) is 22.3 Å². The number of fused-ring (bicyclic) bond motifs is 3. The van der Waals surface area contributed by atoms with Crippen LogP contribution in [-0.2, 0) is 14.3 Å². The molecule has 3 rings (SSSR count). The van der Waals surface area contributed by atoms with E-state index in [9.17, 15) is 19.5 Å². The molecule has 0 spiro atoms. The Morgan fingerprint density at radius 2 is 1.53 bits per heavy atom. The van der Waals surface area contributed by atoms with Gasteiger partial charge in [-0.15, -0.1) is 0 Å². The highest BCUT2D eigenvalue weighted by molar-refractivity contribution is 5.89. The minimum absolute atomic E-state index is 0.0797. The molecule has 0 radical (unpaired) electrons. The van der Waals surface area contributed by atoms with Crippen LogP contribution in [0.15, 0.2) is 48.5 Å². The summed E-state index contributed by atoms with van der Waals surface area (Å²) in [6.45, 7) is 5.46. The summed E-state index contributed by atoms with van der Waals surface area (Å²) < 4.78 is 5.52. The van der Waals surface area contributed by atoms with Gasteiger partial charge in [-0.05, 0) is 34.6 Å². The van der Waals surface area contributed by atoms with Gasteiger partial charge in [0.1, 0.15) is 18.7 Å². The molecule has 7 nitrogen and oxygen atoms in total. The zero-order chi connectivity index (χ0) is 23.3. The predicted octanol–water partition coefficient (Wildman–Crippen LogP) is 3.92. The molecular formula is C25H30N2O5. The molecule has 0 saturated heterocycles. The number of carbonyl (C=O) groups is 3. The van der Waals surface area contributed by atoms with Gasteiger partial charge in [0, 0.05) is 5.92 Å². The highest BCUT2D eigenvalue weighted by Gasteiger charge is 2.31. The first-order valence-corrected chi connectivity index (χ1v) is 11.0. The summed E-state index contributed by atoms with van der Waals surface area (Å²) in [5.74, 6) is -2.00. The molecule has 2 amide bonds. The number of rotatable bonds is 9. The van der Waals surface area contributed by atoms with Crippen LogP contribution < -0.4 is 10.6 Å². The minimum atomic E-state index is -1.11. The maximum Gasteiger partial charge on any atom is 0.407 e. The van der Waals surface area contributed by atoms with Gasteiger partial charge in [0.2, 0.25) is 5.91 Å². The summed E-state index contributed by atoms with van der Waals surface area (Å²) in [5.41, 5.74) is 4.47. The van der Waals surface area contributed by atoms with Crippen LogP contribution in [0.1, 0.15) is 50.7 Å². The van der Waals surface area contributed by atoms with Crippen molar-refractivity contribution in [2.45, 2.75) is 51.6 Å². The second-order valence-electron chi connectivity index (χ2n) is 8.38. The quantitative estimate of drug-likeness (QED) is 0.550. The average molecular weight is 439 g/mol. The first kappa shape index (κ1) is 23.3. The maximum atomic E-state index is 12.6. The van der Waals surface area contributed by atoms with Gasteiger partial charge in [-0.1, -0.05) is 75.7 Å². The van der Waals surface area contributed by atoms with E-state index in [1.165, 1.54) is 0 Å². The van der Waals surface area contributed by atoms with Crippen molar-refractivity contribution in [2.75, 3.05) is 6.61 Å². The molecule has 1 unspecified atom stereocenters. The van der Waals surface area contributed by atoms with Gasteiger partial charge in [0.25, 0.3) is 0 Å². The zero-order valence-electron chi connectivity index (χ0n) is 18.6. The number of carboxylic acids is 1. The molecule has 0 aromatic heterocycles. The molecule has 170 valence electrons. The lowest BCUT2D eigenvalue weighted by Crippen LogP contribution is -2.53. The van der Waals surface area contributed by atoms with E-state index in [4.69, 9.17) is 4.74 Å². The molecule has 2 aromatic rings. The minimum Gasteiger partial charge on any atom is -0.480 e. The third-order valence-electron chi connectivity index (χ3n) is 5.76. The maximum absolute atomic E-state index is 12.6. The monoisotopic (exact) mass is 438 g/mol. The number of nitrogens with one attached hydrogen (secondary N) is 2. The Morgan fingerprint density at radius 1 is 0.969 bits per heavy atom. The normalized spacial score (nSPS) is 14.2. The molecule has 0 fully saturated rings. The predicted molar refractivity (Wildman–Crippen MR) is 121 cm³/mol.